The van der Waals surface area contributed by atoms with Crippen LogP contribution in [0.25, 0.3) is 16.7 Å². The summed E-state index contributed by atoms with van der Waals surface area (Å²) in [6, 6.07) is 0. The zero-order valence-electron chi connectivity index (χ0n) is 11.1. The summed E-state index contributed by atoms with van der Waals surface area (Å²) in [6.07, 6.45) is 0.594. The van der Waals surface area contributed by atoms with Crippen LogP contribution in [0.5, 0.6) is 0 Å². The Morgan fingerprint density at radius 2 is 2.05 bits per heavy atom. The number of hydrogen-bond donors (Lipinski definition) is 3. The van der Waals surface area contributed by atoms with Gasteiger partial charge in [-0.3, -0.25) is 4.57 Å². The fraction of sp³-hybridized carbons (Fsp3) is 0.417. The van der Waals surface area contributed by atoms with Crippen LogP contribution < -0.4 is 0 Å². The molecule has 0 bridgehead atoms. The average molecular weight is 370 g/mol. The first-order valence-electron chi connectivity index (χ1n) is 6.58. The summed E-state index contributed by atoms with van der Waals surface area (Å²) in [6.45, 7) is -0.382. The number of halogens is 1. The zero-order chi connectivity index (χ0) is 15.4. The molecule has 3 N–H and O–H groups in total. The van der Waals surface area contributed by atoms with Crippen LogP contribution in [0.15, 0.2) is 23.3 Å². The van der Waals surface area contributed by atoms with Gasteiger partial charge in [0.2, 0.25) is 0 Å². The Kier molecular flexibility index (Phi) is 3.16. The molecule has 0 spiro atoms. The van der Waals surface area contributed by atoms with Crippen molar-refractivity contribution in [2.45, 2.75) is 24.5 Å². The maximum Gasteiger partial charge on any atom is 0.166 e. The lowest BCUT2D eigenvalue weighted by molar-refractivity contribution is -0.0511. The van der Waals surface area contributed by atoms with Crippen molar-refractivity contribution in [3.8, 4) is 0 Å². The highest BCUT2D eigenvalue weighted by atomic mass is 79.9. The third-order valence-electron chi connectivity index (χ3n) is 3.82. The second-order valence-electron chi connectivity index (χ2n) is 5.08. The molecule has 4 rings (SSSR count). The van der Waals surface area contributed by atoms with Crippen molar-refractivity contribution >= 4 is 32.6 Å². The normalized spacial score (nSPS) is 28.9. The first kappa shape index (κ1) is 14.0. The molecule has 10 heteroatoms. The highest BCUT2D eigenvalue weighted by Crippen LogP contribution is 2.32. The smallest absolute Gasteiger partial charge is 0.166 e. The topological polar surface area (TPSA) is 118 Å². The van der Waals surface area contributed by atoms with Crippen LogP contribution in [0.2, 0.25) is 0 Å². The van der Waals surface area contributed by atoms with E-state index >= 15 is 0 Å². The van der Waals surface area contributed by atoms with Crippen molar-refractivity contribution < 1.29 is 20.1 Å². The summed E-state index contributed by atoms with van der Waals surface area (Å²) in [5.41, 5.74) is 1.82. The minimum absolute atomic E-state index is 0.382. The van der Waals surface area contributed by atoms with Crippen molar-refractivity contribution in [1.29, 1.82) is 0 Å². The van der Waals surface area contributed by atoms with Gasteiger partial charge in [-0.05, 0) is 15.9 Å². The quantitative estimate of drug-likeness (QED) is 0.554. The fourth-order valence-corrected chi connectivity index (χ4v) is 3.17. The summed E-state index contributed by atoms with van der Waals surface area (Å²) >= 11 is 3.41. The van der Waals surface area contributed by atoms with Crippen LogP contribution in [-0.2, 0) is 4.74 Å². The van der Waals surface area contributed by atoms with E-state index < -0.39 is 24.5 Å². The maximum atomic E-state index is 10.1. The van der Waals surface area contributed by atoms with Gasteiger partial charge >= 0.3 is 0 Å². The largest absolute Gasteiger partial charge is 0.394 e. The van der Waals surface area contributed by atoms with Crippen LogP contribution in [0.1, 0.15) is 6.23 Å². The first-order chi connectivity index (χ1) is 10.6. The summed E-state index contributed by atoms with van der Waals surface area (Å²) in [5, 5.41) is 33.3. The Labute approximate surface area is 131 Å². The van der Waals surface area contributed by atoms with Gasteiger partial charge in [0.1, 0.15) is 35.7 Å². The Morgan fingerprint density at radius 1 is 1.23 bits per heavy atom. The van der Waals surface area contributed by atoms with Crippen LogP contribution >= 0.6 is 15.9 Å². The van der Waals surface area contributed by atoms with E-state index in [2.05, 4.69) is 31.0 Å². The van der Waals surface area contributed by atoms with Gasteiger partial charge in [0.15, 0.2) is 11.9 Å². The lowest BCUT2D eigenvalue weighted by Gasteiger charge is -2.16. The number of fused-ring (bicyclic) bond motifs is 3. The third kappa shape index (κ3) is 1.82. The molecule has 0 aliphatic carbocycles. The highest BCUT2D eigenvalue weighted by Gasteiger charge is 2.44. The number of rotatable bonds is 2. The number of aromatic nitrogens is 5. The first-order valence-corrected chi connectivity index (χ1v) is 7.38. The van der Waals surface area contributed by atoms with Crippen LogP contribution in [0.4, 0.5) is 0 Å². The maximum absolute atomic E-state index is 10.1. The third-order valence-corrected chi connectivity index (χ3v) is 4.40. The Balaban J connectivity index is 1.86. The lowest BCUT2D eigenvalue weighted by Crippen LogP contribution is -2.33. The molecule has 0 saturated carbocycles. The molecule has 4 atom stereocenters. The van der Waals surface area contributed by atoms with Crippen LogP contribution in [-0.4, -0.2) is 64.4 Å². The molecule has 1 saturated heterocycles. The summed E-state index contributed by atoms with van der Waals surface area (Å²) in [5.74, 6) is 0. The molecule has 1 aliphatic rings. The average Bonchev–Trinajstić information content (AvgIpc) is 3.17. The van der Waals surface area contributed by atoms with Crippen molar-refractivity contribution in [2.24, 2.45) is 0 Å². The summed E-state index contributed by atoms with van der Waals surface area (Å²) in [4.78, 5) is 8.59. The zero-order valence-corrected chi connectivity index (χ0v) is 12.7. The minimum atomic E-state index is -1.18. The summed E-state index contributed by atoms with van der Waals surface area (Å²) < 4.78 is 9.40. The van der Waals surface area contributed by atoms with Gasteiger partial charge in [0, 0.05) is 0 Å². The molecule has 1 fully saturated rings. The molecule has 0 unspecified atom stereocenters. The Hall–Kier alpha value is -1.59. The summed E-state index contributed by atoms with van der Waals surface area (Å²) in [7, 11) is 0. The molecule has 0 amide bonds. The Morgan fingerprint density at radius 3 is 2.77 bits per heavy atom. The number of nitrogens with zero attached hydrogens (tertiary/aromatic N) is 5. The Bertz CT molecular complexity index is 849. The molecule has 0 radical (unpaired) electrons. The van der Waals surface area contributed by atoms with Crippen LogP contribution in [0.3, 0.4) is 0 Å². The number of imidazole rings is 1. The van der Waals surface area contributed by atoms with Crippen LogP contribution in [0, 0.1) is 0 Å². The van der Waals surface area contributed by atoms with Gasteiger partial charge in [-0.1, -0.05) is 0 Å². The van der Waals surface area contributed by atoms with E-state index in [9.17, 15) is 15.3 Å². The second kappa shape index (κ2) is 4.96. The highest BCUT2D eigenvalue weighted by molar-refractivity contribution is 9.10. The number of aliphatic hydroxyl groups excluding tert-OH is 3. The van der Waals surface area contributed by atoms with Crippen molar-refractivity contribution in [3.05, 3.63) is 23.3 Å². The second-order valence-corrected chi connectivity index (χ2v) is 5.94. The minimum Gasteiger partial charge on any atom is -0.394 e. The van der Waals surface area contributed by atoms with E-state index in [0.717, 1.165) is 9.99 Å². The monoisotopic (exact) mass is 369 g/mol. The number of ether oxygens (including phenoxy) is 1. The molecule has 9 nitrogen and oxygen atoms in total. The lowest BCUT2D eigenvalue weighted by atomic mass is 10.1. The molecule has 3 aromatic rings. The van der Waals surface area contributed by atoms with Gasteiger partial charge in [0.05, 0.1) is 23.6 Å². The van der Waals surface area contributed by atoms with Gasteiger partial charge in [-0.2, -0.15) is 5.10 Å². The van der Waals surface area contributed by atoms with E-state index in [0.29, 0.717) is 11.2 Å². The standard InChI is InChI=1S/C12H12BrN5O4/c13-5-1-16-18-4-15-11-7(8(5)18)14-3-17(11)12-10(21)9(20)6(2-19)22-12/h1,3-4,6,9-10,12,19-21H,2H2/t6-,9-,10-,12-/m1/s1. The van der Waals surface area contributed by atoms with Gasteiger partial charge in [-0.25, -0.2) is 14.5 Å². The van der Waals surface area contributed by atoms with Crippen molar-refractivity contribution in [2.75, 3.05) is 6.61 Å². The number of aliphatic hydroxyl groups is 3. The molecule has 1 aliphatic heterocycles. The van der Waals surface area contributed by atoms with E-state index in [-0.39, 0.29) is 6.61 Å². The predicted octanol–water partition coefficient (Wildman–Crippen LogP) is -0.547. The van der Waals surface area contributed by atoms with Gasteiger partial charge < -0.3 is 20.1 Å². The van der Waals surface area contributed by atoms with E-state index in [4.69, 9.17) is 4.74 Å². The SMILES string of the molecule is OC[C@H]1O[C@@H](n2cnc3c2ncn2ncc(Br)c32)[C@H](O)[C@@H]1O. The molecular weight excluding hydrogens is 358 g/mol. The van der Waals surface area contributed by atoms with E-state index in [1.807, 2.05) is 0 Å². The molecule has 0 aromatic carbocycles. The molecule has 116 valence electrons. The van der Waals surface area contributed by atoms with Crippen molar-refractivity contribution in [3.63, 3.8) is 0 Å². The van der Waals surface area contributed by atoms with E-state index in [1.165, 1.54) is 12.7 Å². The molecule has 4 heterocycles. The van der Waals surface area contributed by atoms with Crippen molar-refractivity contribution in [1.82, 2.24) is 24.1 Å². The van der Waals surface area contributed by atoms with Gasteiger partial charge in [0.25, 0.3) is 0 Å². The predicted molar refractivity (Wildman–Crippen MR) is 77.0 cm³/mol. The van der Waals surface area contributed by atoms with Gasteiger partial charge in [-0.15, -0.1) is 0 Å². The molecular formula is C12H12BrN5O4. The fourth-order valence-electron chi connectivity index (χ4n) is 2.71. The molecule has 22 heavy (non-hydrogen) atoms. The molecule has 3 aromatic heterocycles. The van der Waals surface area contributed by atoms with E-state index in [1.54, 1.807) is 15.3 Å². The number of hydrogen-bond acceptors (Lipinski definition) is 7.